The smallest absolute Gasteiger partial charge is 0.0319 e. The highest BCUT2D eigenvalue weighted by molar-refractivity contribution is 4.24. The van der Waals surface area contributed by atoms with Crippen LogP contribution in [0.1, 0.15) is 67.2 Å². The molecule has 0 aliphatic rings. The molecule has 0 aliphatic carbocycles. The molecule has 0 radical (unpaired) electrons. The molecule has 1 nitrogen and oxygen atoms in total. The van der Waals surface area contributed by atoms with Crippen LogP contribution in [0.15, 0.2) is 0 Å². The first-order valence-corrected chi connectivity index (χ1v) is 5.28. The van der Waals surface area contributed by atoms with Crippen molar-refractivity contribution in [1.29, 1.82) is 0 Å². The van der Waals surface area contributed by atoms with Crippen molar-refractivity contribution < 1.29 is 5.11 Å². The Kier molecular flexibility index (Phi) is 131. The average Bonchev–Trinajstić information content (AvgIpc) is 2.14. The van der Waals surface area contributed by atoms with Gasteiger partial charge in [-0.2, -0.15) is 0 Å². The lowest BCUT2D eigenvalue weighted by molar-refractivity contribution is 0.399. The molecule has 0 aliphatic heterocycles. The first kappa shape index (κ1) is 22.7. The molecule has 0 spiro atoms. The van der Waals surface area contributed by atoms with Crippen LogP contribution in [-0.4, -0.2) is 12.2 Å². The topological polar surface area (TPSA) is 20.2 Å². The average molecular weight is 178 g/mol. The van der Waals surface area contributed by atoms with E-state index in [9.17, 15) is 0 Å². The van der Waals surface area contributed by atoms with Gasteiger partial charge in [0.25, 0.3) is 0 Å². The maximum atomic E-state index is 7.00. The normalized spacial score (nSPS) is 6.00. The molecule has 0 saturated carbocycles. The minimum absolute atomic E-state index is 1.00. The van der Waals surface area contributed by atoms with Gasteiger partial charge < -0.3 is 5.11 Å². The second kappa shape index (κ2) is 69.3. The largest absolute Gasteiger partial charge is 0.400 e. The van der Waals surface area contributed by atoms with E-state index in [1.807, 2.05) is 13.8 Å². The second-order valence-corrected chi connectivity index (χ2v) is 2.06. The quantitative estimate of drug-likeness (QED) is 0.670. The summed E-state index contributed by atoms with van der Waals surface area (Å²) in [6.07, 6.45) is 5.33. The summed E-state index contributed by atoms with van der Waals surface area (Å²) < 4.78 is 0. The fraction of sp³-hybridized carbons (Fsp3) is 1.00. The molecule has 0 saturated heterocycles. The maximum Gasteiger partial charge on any atom is 0.0319 e. The van der Waals surface area contributed by atoms with Crippen LogP contribution in [0.2, 0.25) is 0 Å². The van der Waals surface area contributed by atoms with Crippen LogP contribution in [0, 0.1) is 0 Å². The van der Waals surface area contributed by atoms with Gasteiger partial charge in [-0.15, -0.1) is 0 Å². The fourth-order valence-corrected chi connectivity index (χ4v) is 0.354. The van der Waals surface area contributed by atoms with Crippen LogP contribution >= 0.6 is 0 Å². The predicted octanol–water partition coefficient (Wildman–Crippen LogP) is 4.25. The van der Waals surface area contributed by atoms with Crippen LogP contribution in [0.25, 0.3) is 0 Å². The van der Waals surface area contributed by atoms with Crippen LogP contribution in [0.5, 0.6) is 0 Å². The highest BCUT2D eigenvalue weighted by atomic mass is 16.2. The number of aliphatic hydroxyl groups is 1. The van der Waals surface area contributed by atoms with Gasteiger partial charge >= 0.3 is 0 Å². The van der Waals surface area contributed by atoms with Crippen LogP contribution < -0.4 is 0 Å². The van der Waals surface area contributed by atoms with E-state index in [4.69, 9.17) is 5.11 Å². The Hall–Kier alpha value is -0.0400. The summed E-state index contributed by atoms with van der Waals surface area (Å²) in [7, 11) is 1.00. The molecule has 0 unspecified atom stereocenters. The first-order valence-electron chi connectivity index (χ1n) is 5.28. The van der Waals surface area contributed by atoms with Crippen molar-refractivity contribution in [3.8, 4) is 0 Å². The van der Waals surface area contributed by atoms with Crippen molar-refractivity contribution in [3.05, 3.63) is 0 Å². The Labute approximate surface area is 80.2 Å². The van der Waals surface area contributed by atoms with Crippen molar-refractivity contribution in [2.45, 2.75) is 67.2 Å². The van der Waals surface area contributed by atoms with Gasteiger partial charge in [-0.05, 0) is 0 Å². The van der Waals surface area contributed by atoms with Gasteiger partial charge in [-0.3, -0.25) is 0 Å². The molecule has 0 aromatic rings. The third-order valence-corrected chi connectivity index (χ3v) is 0.707. The number of aliphatic hydroxyl groups excluding tert-OH is 1. The summed E-state index contributed by atoms with van der Waals surface area (Å²) in [6.45, 7) is 12.7. The van der Waals surface area contributed by atoms with E-state index in [1.54, 1.807) is 0 Å². The summed E-state index contributed by atoms with van der Waals surface area (Å²) in [5.41, 5.74) is 0. The van der Waals surface area contributed by atoms with E-state index in [0.717, 1.165) is 7.11 Å². The number of hydrogen-bond donors (Lipinski definition) is 1. The van der Waals surface area contributed by atoms with E-state index >= 15 is 0 Å². The molecular formula is C11H30O. The Morgan fingerprint density at radius 3 is 0.917 bits per heavy atom. The molecule has 0 amide bonds. The molecule has 12 heavy (non-hydrogen) atoms. The van der Waals surface area contributed by atoms with Crippen molar-refractivity contribution in [2.75, 3.05) is 7.11 Å². The molecule has 0 rings (SSSR count). The Bertz CT molecular complexity index is 19.0. The number of rotatable bonds is 2. The highest BCUT2D eigenvalue weighted by Gasteiger charge is 1.68. The Morgan fingerprint density at radius 2 is 0.917 bits per heavy atom. The molecule has 1 N–H and O–H groups in total. The lowest BCUT2D eigenvalue weighted by Crippen LogP contribution is -1.59. The lowest BCUT2D eigenvalue weighted by atomic mass is 10.3. The third kappa shape index (κ3) is 208. The SMILES string of the molecule is CC.CCC.CCCCC.CO. The summed E-state index contributed by atoms with van der Waals surface area (Å²) in [4.78, 5) is 0. The second-order valence-electron chi connectivity index (χ2n) is 2.06. The molecule has 0 aromatic heterocycles. The van der Waals surface area contributed by atoms with Gasteiger partial charge in [0.15, 0.2) is 0 Å². The number of unbranched alkanes of at least 4 members (excludes halogenated alkanes) is 2. The third-order valence-electron chi connectivity index (χ3n) is 0.707. The molecule has 0 bridgehead atoms. The Morgan fingerprint density at radius 1 is 0.750 bits per heavy atom. The van der Waals surface area contributed by atoms with Crippen molar-refractivity contribution in [3.63, 3.8) is 0 Å². The number of hydrogen-bond acceptors (Lipinski definition) is 1. The van der Waals surface area contributed by atoms with Gasteiger partial charge in [0, 0.05) is 7.11 Å². The standard InChI is InChI=1S/C5H12.C3H8.C2H6.CH4O/c1-3-5-4-2;1-3-2;2*1-2/h3-5H2,1-2H3;3H2,1-2H3;1-2H3;2H,1H3. The molecular weight excluding hydrogens is 148 g/mol. The van der Waals surface area contributed by atoms with E-state index in [0.29, 0.717) is 0 Å². The van der Waals surface area contributed by atoms with Gasteiger partial charge in [0.05, 0.1) is 0 Å². The minimum atomic E-state index is 1.00. The fourth-order valence-electron chi connectivity index (χ4n) is 0.354. The summed E-state index contributed by atoms with van der Waals surface area (Å²) >= 11 is 0. The van der Waals surface area contributed by atoms with Crippen LogP contribution in [0.4, 0.5) is 0 Å². The van der Waals surface area contributed by atoms with Gasteiger partial charge in [-0.25, -0.2) is 0 Å². The molecule has 80 valence electrons. The zero-order chi connectivity index (χ0) is 10.8. The van der Waals surface area contributed by atoms with Crippen molar-refractivity contribution in [2.24, 2.45) is 0 Å². The van der Waals surface area contributed by atoms with Crippen LogP contribution in [-0.2, 0) is 0 Å². The minimum Gasteiger partial charge on any atom is -0.400 e. The van der Waals surface area contributed by atoms with Gasteiger partial charge in [0.2, 0.25) is 0 Å². The highest BCUT2D eigenvalue weighted by Crippen LogP contribution is 1.88. The summed E-state index contributed by atoms with van der Waals surface area (Å²) in [5.74, 6) is 0. The van der Waals surface area contributed by atoms with Gasteiger partial charge in [-0.1, -0.05) is 67.2 Å². The predicted molar refractivity (Wildman–Crippen MR) is 60.7 cm³/mol. The lowest BCUT2D eigenvalue weighted by Gasteiger charge is -1.79. The van der Waals surface area contributed by atoms with E-state index in [-0.39, 0.29) is 0 Å². The molecule has 0 fully saturated rings. The van der Waals surface area contributed by atoms with E-state index < -0.39 is 0 Å². The molecule has 0 heterocycles. The molecule has 1 heteroatoms. The van der Waals surface area contributed by atoms with Crippen molar-refractivity contribution in [1.82, 2.24) is 0 Å². The monoisotopic (exact) mass is 178 g/mol. The van der Waals surface area contributed by atoms with E-state index in [2.05, 4.69) is 27.7 Å². The van der Waals surface area contributed by atoms with Crippen molar-refractivity contribution >= 4 is 0 Å². The van der Waals surface area contributed by atoms with Crippen LogP contribution in [0.3, 0.4) is 0 Å². The van der Waals surface area contributed by atoms with Gasteiger partial charge in [0.1, 0.15) is 0 Å². The van der Waals surface area contributed by atoms with E-state index in [1.165, 1.54) is 25.7 Å². The Balaban J connectivity index is -0.0000000397. The summed E-state index contributed by atoms with van der Waals surface area (Å²) in [5, 5.41) is 7.00. The summed E-state index contributed by atoms with van der Waals surface area (Å²) in [6, 6.07) is 0. The zero-order valence-corrected chi connectivity index (χ0v) is 10.3. The first-order chi connectivity index (χ1) is 5.83. The molecule has 0 aromatic carbocycles. The maximum absolute atomic E-state index is 7.00. The molecule has 0 atom stereocenters. The zero-order valence-electron chi connectivity index (χ0n) is 10.3.